The summed E-state index contributed by atoms with van der Waals surface area (Å²) >= 11 is 0. The number of aliphatic carboxylic acids is 1. The van der Waals surface area contributed by atoms with Crippen LogP contribution >= 0.6 is 0 Å². The summed E-state index contributed by atoms with van der Waals surface area (Å²) in [5.74, 6) is -2.51. The van der Waals surface area contributed by atoms with Gasteiger partial charge >= 0.3 is 12.0 Å². The predicted octanol–water partition coefficient (Wildman–Crippen LogP) is 1.40. The highest BCUT2D eigenvalue weighted by atomic mass is 19.1. The third kappa shape index (κ3) is 4.78. The molecule has 2 rings (SSSR count). The van der Waals surface area contributed by atoms with Crippen molar-refractivity contribution in [3.8, 4) is 0 Å². The van der Waals surface area contributed by atoms with Gasteiger partial charge in [0.15, 0.2) is 0 Å². The number of anilines is 2. The van der Waals surface area contributed by atoms with E-state index in [2.05, 4.69) is 10.6 Å². The number of morpholine rings is 1. The van der Waals surface area contributed by atoms with Crippen LogP contribution in [0.2, 0.25) is 0 Å². The van der Waals surface area contributed by atoms with E-state index in [0.29, 0.717) is 26.3 Å². The van der Waals surface area contributed by atoms with Gasteiger partial charge in [-0.3, -0.25) is 4.79 Å². The maximum absolute atomic E-state index is 14.1. The van der Waals surface area contributed by atoms with E-state index in [1.165, 1.54) is 0 Å². The molecule has 126 valence electrons. The lowest BCUT2D eigenvalue weighted by atomic mass is 10.2. The summed E-state index contributed by atoms with van der Waals surface area (Å²) in [6.07, 6.45) is -0.264. The number of nitrogens with one attached hydrogen (secondary N) is 2. The Morgan fingerprint density at radius 2 is 1.91 bits per heavy atom. The number of carboxylic acids is 1. The average molecular weight is 329 g/mol. The Bertz CT molecular complexity index is 592. The fourth-order valence-electron chi connectivity index (χ4n) is 2.13. The normalized spacial score (nSPS) is 14.4. The Morgan fingerprint density at radius 3 is 2.57 bits per heavy atom. The molecule has 0 spiro atoms. The quantitative estimate of drug-likeness (QED) is 0.759. The largest absolute Gasteiger partial charge is 0.481 e. The fraction of sp³-hybridized carbons (Fsp3) is 0.429. The van der Waals surface area contributed by atoms with Crippen LogP contribution in [0, 0.1) is 11.6 Å². The van der Waals surface area contributed by atoms with Crippen molar-refractivity contribution in [3.63, 3.8) is 0 Å². The second kappa shape index (κ2) is 7.73. The molecular formula is C14H17F2N3O4. The van der Waals surface area contributed by atoms with Crippen molar-refractivity contribution in [1.29, 1.82) is 0 Å². The van der Waals surface area contributed by atoms with Crippen LogP contribution in [0.4, 0.5) is 25.0 Å². The van der Waals surface area contributed by atoms with E-state index < -0.39 is 23.6 Å². The summed E-state index contributed by atoms with van der Waals surface area (Å²) in [5, 5.41) is 12.9. The molecule has 0 unspecified atom stereocenters. The summed E-state index contributed by atoms with van der Waals surface area (Å²) < 4.78 is 33.3. The maximum atomic E-state index is 14.1. The van der Waals surface area contributed by atoms with E-state index in [1.807, 2.05) is 0 Å². The van der Waals surface area contributed by atoms with Gasteiger partial charge in [0.25, 0.3) is 0 Å². The van der Waals surface area contributed by atoms with Crippen LogP contribution in [-0.4, -0.2) is 50.0 Å². The lowest BCUT2D eigenvalue weighted by Crippen LogP contribution is -2.37. The molecule has 7 nitrogen and oxygen atoms in total. The van der Waals surface area contributed by atoms with Gasteiger partial charge in [0, 0.05) is 31.8 Å². The van der Waals surface area contributed by atoms with Crippen molar-refractivity contribution in [2.75, 3.05) is 43.1 Å². The molecule has 1 aromatic carbocycles. The molecule has 0 saturated carbocycles. The van der Waals surface area contributed by atoms with E-state index >= 15 is 0 Å². The highest BCUT2D eigenvalue weighted by Crippen LogP contribution is 2.26. The standard InChI is InChI=1S/C14H17F2N3O4/c15-9-8-12(19-3-5-23-6-4-19)10(16)7-11(9)18-14(22)17-2-1-13(20)21/h7-8H,1-6H2,(H,20,21)(H2,17,18,22). The zero-order valence-corrected chi connectivity index (χ0v) is 12.3. The number of rotatable bonds is 5. The monoisotopic (exact) mass is 329 g/mol. The summed E-state index contributed by atoms with van der Waals surface area (Å²) in [7, 11) is 0. The number of carbonyl (C=O) groups is 2. The smallest absolute Gasteiger partial charge is 0.319 e. The molecule has 1 aromatic rings. The van der Waals surface area contributed by atoms with Crippen LogP contribution in [-0.2, 0) is 9.53 Å². The van der Waals surface area contributed by atoms with Crippen molar-refractivity contribution in [3.05, 3.63) is 23.8 Å². The van der Waals surface area contributed by atoms with Gasteiger partial charge in [-0.15, -0.1) is 0 Å². The molecule has 1 saturated heterocycles. The Balaban J connectivity index is 2.01. The van der Waals surface area contributed by atoms with Crippen LogP contribution in [0.5, 0.6) is 0 Å². The Labute approximate surface area is 131 Å². The second-order valence-corrected chi connectivity index (χ2v) is 4.91. The SMILES string of the molecule is O=C(O)CCNC(=O)Nc1cc(F)c(N2CCOCC2)cc1F. The molecule has 1 fully saturated rings. The van der Waals surface area contributed by atoms with Crippen molar-refractivity contribution < 1.29 is 28.2 Å². The van der Waals surface area contributed by atoms with Crippen LogP contribution in [0.3, 0.4) is 0 Å². The van der Waals surface area contributed by atoms with E-state index in [4.69, 9.17) is 9.84 Å². The number of amides is 2. The highest BCUT2D eigenvalue weighted by Gasteiger charge is 2.18. The second-order valence-electron chi connectivity index (χ2n) is 4.91. The minimum absolute atomic E-state index is 0.114. The number of benzene rings is 1. The number of urea groups is 1. The van der Waals surface area contributed by atoms with Gasteiger partial charge in [0.05, 0.1) is 31.0 Å². The molecule has 23 heavy (non-hydrogen) atoms. The van der Waals surface area contributed by atoms with E-state index in [-0.39, 0.29) is 24.3 Å². The number of hydrogen-bond acceptors (Lipinski definition) is 4. The molecule has 0 aromatic heterocycles. The summed E-state index contributed by atoms with van der Waals surface area (Å²) in [6, 6.07) is 1.12. The lowest BCUT2D eigenvalue weighted by Gasteiger charge is -2.29. The minimum Gasteiger partial charge on any atom is -0.481 e. The van der Waals surface area contributed by atoms with Crippen molar-refractivity contribution >= 4 is 23.4 Å². The Hall–Kier alpha value is -2.42. The Kier molecular flexibility index (Phi) is 5.69. The van der Waals surface area contributed by atoms with E-state index in [1.54, 1.807) is 4.90 Å². The van der Waals surface area contributed by atoms with E-state index in [9.17, 15) is 18.4 Å². The minimum atomic E-state index is -1.07. The molecule has 1 aliphatic rings. The number of carbonyl (C=O) groups excluding carboxylic acids is 1. The first-order valence-corrected chi connectivity index (χ1v) is 7.06. The number of nitrogens with zero attached hydrogens (tertiary/aromatic N) is 1. The number of halogens is 2. The third-order valence-electron chi connectivity index (χ3n) is 3.26. The zero-order valence-electron chi connectivity index (χ0n) is 12.3. The van der Waals surface area contributed by atoms with Crippen LogP contribution in [0.1, 0.15) is 6.42 Å². The van der Waals surface area contributed by atoms with Gasteiger partial charge in [0.2, 0.25) is 0 Å². The Morgan fingerprint density at radius 1 is 1.22 bits per heavy atom. The number of ether oxygens (including phenoxy) is 1. The van der Waals surface area contributed by atoms with Crippen LogP contribution in [0.15, 0.2) is 12.1 Å². The number of hydrogen-bond donors (Lipinski definition) is 3. The molecule has 9 heteroatoms. The molecule has 0 radical (unpaired) electrons. The van der Waals surface area contributed by atoms with Gasteiger partial charge in [-0.05, 0) is 0 Å². The number of carboxylic acid groups (broad SMARTS) is 1. The van der Waals surface area contributed by atoms with Gasteiger partial charge < -0.3 is 25.4 Å². The summed E-state index contributed by atoms with van der Waals surface area (Å²) in [4.78, 5) is 23.5. The molecule has 1 heterocycles. The average Bonchev–Trinajstić information content (AvgIpc) is 2.51. The van der Waals surface area contributed by atoms with Gasteiger partial charge in [-0.1, -0.05) is 0 Å². The molecule has 1 aliphatic heterocycles. The fourth-order valence-corrected chi connectivity index (χ4v) is 2.13. The molecule has 2 amide bonds. The topological polar surface area (TPSA) is 90.9 Å². The highest BCUT2D eigenvalue weighted by molar-refractivity contribution is 5.89. The summed E-state index contributed by atoms with van der Waals surface area (Å²) in [6.45, 7) is 1.68. The van der Waals surface area contributed by atoms with Crippen LogP contribution < -0.4 is 15.5 Å². The maximum Gasteiger partial charge on any atom is 0.319 e. The molecule has 0 aliphatic carbocycles. The lowest BCUT2D eigenvalue weighted by molar-refractivity contribution is -0.136. The molecule has 3 N–H and O–H groups in total. The molecule has 0 atom stereocenters. The van der Waals surface area contributed by atoms with Crippen LogP contribution in [0.25, 0.3) is 0 Å². The van der Waals surface area contributed by atoms with Gasteiger partial charge in [-0.2, -0.15) is 0 Å². The van der Waals surface area contributed by atoms with Crippen molar-refractivity contribution in [2.24, 2.45) is 0 Å². The van der Waals surface area contributed by atoms with Gasteiger partial charge in [-0.25, -0.2) is 13.6 Å². The predicted molar refractivity (Wildman–Crippen MR) is 78.7 cm³/mol. The third-order valence-corrected chi connectivity index (χ3v) is 3.26. The molecule has 0 bridgehead atoms. The first-order valence-electron chi connectivity index (χ1n) is 7.06. The first-order chi connectivity index (χ1) is 11.0. The van der Waals surface area contributed by atoms with E-state index in [0.717, 1.165) is 12.1 Å². The summed E-state index contributed by atoms with van der Waals surface area (Å²) in [5.41, 5.74) is -0.199. The van der Waals surface area contributed by atoms with Crippen molar-refractivity contribution in [1.82, 2.24) is 5.32 Å². The zero-order chi connectivity index (χ0) is 16.8. The van der Waals surface area contributed by atoms with Crippen molar-refractivity contribution in [2.45, 2.75) is 6.42 Å². The van der Waals surface area contributed by atoms with Gasteiger partial charge in [0.1, 0.15) is 11.6 Å². The first kappa shape index (κ1) is 16.9. The molecular weight excluding hydrogens is 312 g/mol.